The first-order chi connectivity index (χ1) is 7.49. The van der Waals surface area contributed by atoms with Gasteiger partial charge in [-0.15, -0.1) is 0 Å². The summed E-state index contributed by atoms with van der Waals surface area (Å²) >= 11 is 0. The van der Waals surface area contributed by atoms with E-state index in [2.05, 4.69) is 15.6 Å². The van der Waals surface area contributed by atoms with Gasteiger partial charge in [-0.3, -0.25) is 4.99 Å². The lowest BCUT2D eigenvalue weighted by atomic mass is 10.4. The highest BCUT2D eigenvalue weighted by Gasteiger charge is 2.26. The van der Waals surface area contributed by atoms with E-state index in [4.69, 9.17) is 4.74 Å². The average Bonchev–Trinajstić information content (AvgIpc) is 2.16. The Morgan fingerprint density at radius 3 is 2.50 bits per heavy atom. The van der Waals surface area contributed by atoms with Crippen molar-refractivity contribution in [2.24, 2.45) is 4.99 Å². The van der Waals surface area contributed by atoms with E-state index < -0.39 is 12.6 Å². The molecule has 0 aromatic carbocycles. The maximum Gasteiger partial charge on any atom is 0.390 e. The Balaban J connectivity index is 3.93. The molecule has 0 bridgehead atoms. The van der Waals surface area contributed by atoms with E-state index in [0.29, 0.717) is 25.7 Å². The summed E-state index contributed by atoms with van der Waals surface area (Å²) in [5.41, 5.74) is 0. The molecule has 0 saturated carbocycles. The molecule has 4 nitrogen and oxygen atoms in total. The molecule has 2 N–H and O–H groups in total. The van der Waals surface area contributed by atoms with E-state index >= 15 is 0 Å². The first kappa shape index (κ1) is 15.0. The van der Waals surface area contributed by atoms with Gasteiger partial charge >= 0.3 is 6.18 Å². The van der Waals surface area contributed by atoms with Gasteiger partial charge in [-0.25, -0.2) is 0 Å². The molecule has 0 fully saturated rings. The maximum absolute atomic E-state index is 11.9. The smallest absolute Gasteiger partial charge is 0.383 e. The lowest BCUT2D eigenvalue weighted by molar-refractivity contribution is -0.132. The van der Waals surface area contributed by atoms with Crippen LogP contribution in [0.5, 0.6) is 0 Å². The highest BCUT2D eigenvalue weighted by molar-refractivity contribution is 5.79. The molecule has 0 aromatic heterocycles. The number of nitrogens with one attached hydrogen (secondary N) is 2. The van der Waals surface area contributed by atoms with Crippen molar-refractivity contribution in [1.82, 2.24) is 10.6 Å². The van der Waals surface area contributed by atoms with Gasteiger partial charge in [0.2, 0.25) is 0 Å². The first-order valence-corrected chi connectivity index (χ1v) is 5.07. The Bertz CT molecular complexity index is 207. The molecule has 0 aliphatic carbocycles. The van der Waals surface area contributed by atoms with E-state index in [-0.39, 0.29) is 6.54 Å². The summed E-state index contributed by atoms with van der Waals surface area (Å²) in [6.07, 6.45) is -5.07. The van der Waals surface area contributed by atoms with Crippen molar-refractivity contribution in [3.8, 4) is 0 Å². The van der Waals surface area contributed by atoms with Crippen molar-refractivity contribution >= 4 is 5.96 Å². The molecule has 0 heterocycles. The molecule has 0 aliphatic rings. The second kappa shape index (κ2) is 8.20. The molecule has 0 spiro atoms. The third-order valence-corrected chi connectivity index (χ3v) is 1.61. The van der Waals surface area contributed by atoms with Crippen LogP contribution in [-0.2, 0) is 4.74 Å². The van der Waals surface area contributed by atoms with Gasteiger partial charge in [0.15, 0.2) is 5.96 Å². The molecule has 0 aliphatic heterocycles. The summed E-state index contributed by atoms with van der Waals surface area (Å²) < 4.78 is 40.4. The van der Waals surface area contributed by atoms with Gasteiger partial charge in [0.1, 0.15) is 0 Å². The predicted molar refractivity (Wildman–Crippen MR) is 56.5 cm³/mol. The average molecular weight is 241 g/mol. The van der Waals surface area contributed by atoms with E-state index in [1.807, 2.05) is 6.92 Å². The van der Waals surface area contributed by atoms with Crippen LogP contribution in [0.3, 0.4) is 0 Å². The van der Waals surface area contributed by atoms with Crippen molar-refractivity contribution in [2.45, 2.75) is 19.5 Å². The van der Waals surface area contributed by atoms with Crippen LogP contribution in [0.2, 0.25) is 0 Å². The topological polar surface area (TPSA) is 45.7 Å². The molecule has 96 valence electrons. The molecule has 0 saturated heterocycles. The summed E-state index contributed by atoms with van der Waals surface area (Å²) in [6.45, 7) is 3.16. The van der Waals surface area contributed by atoms with Crippen molar-refractivity contribution in [3.63, 3.8) is 0 Å². The zero-order chi connectivity index (χ0) is 12.4. The first-order valence-electron chi connectivity index (χ1n) is 5.07. The maximum atomic E-state index is 11.9. The Kier molecular flexibility index (Phi) is 7.70. The monoisotopic (exact) mass is 241 g/mol. The minimum absolute atomic E-state index is 0.272. The molecular formula is C9H18F3N3O. The Labute approximate surface area is 93.3 Å². The second-order valence-corrected chi connectivity index (χ2v) is 3.05. The molecule has 16 heavy (non-hydrogen) atoms. The molecular weight excluding hydrogens is 223 g/mol. The lowest BCUT2D eigenvalue weighted by Crippen LogP contribution is -2.39. The van der Waals surface area contributed by atoms with Gasteiger partial charge < -0.3 is 15.4 Å². The van der Waals surface area contributed by atoms with Crippen LogP contribution < -0.4 is 10.6 Å². The number of guanidine groups is 1. The molecule has 0 aromatic rings. The van der Waals surface area contributed by atoms with Crippen molar-refractivity contribution in [1.29, 1.82) is 0 Å². The standard InChI is InChI=1S/C9H18F3N3O/c1-3-13-8(15-6-7-16-2)14-5-4-9(10,11)12/h3-7H2,1-2H3,(H2,13,14,15). The van der Waals surface area contributed by atoms with Crippen LogP contribution in [0.25, 0.3) is 0 Å². The number of nitrogens with zero attached hydrogens (tertiary/aromatic N) is 1. The van der Waals surface area contributed by atoms with Crippen LogP contribution in [-0.4, -0.2) is 45.5 Å². The fraction of sp³-hybridized carbons (Fsp3) is 0.889. The van der Waals surface area contributed by atoms with Crippen molar-refractivity contribution in [3.05, 3.63) is 0 Å². The number of ether oxygens (including phenoxy) is 1. The molecule has 0 rings (SSSR count). The second-order valence-electron chi connectivity index (χ2n) is 3.05. The Morgan fingerprint density at radius 1 is 1.31 bits per heavy atom. The Morgan fingerprint density at radius 2 is 2.00 bits per heavy atom. The Hall–Kier alpha value is -0.980. The van der Waals surface area contributed by atoms with Crippen molar-refractivity contribution in [2.75, 3.05) is 33.4 Å². The van der Waals surface area contributed by atoms with E-state index in [1.165, 1.54) is 0 Å². The minimum atomic E-state index is -4.16. The van der Waals surface area contributed by atoms with Crippen LogP contribution >= 0.6 is 0 Å². The predicted octanol–water partition coefficient (Wildman–Crippen LogP) is 1.14. The summed E-state index contributed by atoms with van der Waals surface area (Å²) in [4.78, 5) is 3.79. The number of aliphatic imine (C=N–C) groups is 1. The van der Waals surface area contributed by atoms with E-state index in [0.717, 1.165) is 0 Å². The van der Waals surface area contributed by atoms with Crippen LogP contribution in [0.15, 0.2) is 4.99 Å². The summed E-state index contributed by atoms with van der Waals surface area (Å²) in [7, 11) is 1.55. The third-order valence-electron chi connectivity index (χ3n) is 1.61. The third kappa shape index (κ3) is 9.57. The van der Waals surface area contributed by atoms with Crippen LogP contribution in [0, 0.1) is 0 Å². The highest BCUT2D eigenvalue weighted by Crippen LogP contribution is 2.18. The largest absolute Gasteiger partial charge is 0.390 e. The normalized spacial score (nSPS) is 12.7. The SMILES string of the molecule is CCNC(=NCCC(F)(F)F)NCCOC. The fourth-order valence-corrected chi connectivity index (χ4v) is 0.908. The zero-order valence-corrected chi connectivity index (χ0v) is 9.52. The van der Waals surface area contributed by atoms with Crippen LogP contribution in [0.4, 0.5) is 13.2 Å². The van der Waals surface area contributed by atoms with E-state index in [1.54, 1.807) is 7.11 Å². The fourth-order valence-electron chi connectivity index (χ4n) is 0.908. The summed E-state index contributed by atoms with van der Waals surface area (Å²) in [6, 6.07) is 0. The molecule has 0 radical (unpaired) electrons. The number of hydrogen-bond acceptors (Lipinski definition) is 2. The minimum Gasteiger partial charge on any atom is -0.383 e. The lowest BCUT2D eigenvalue weighted by Gasteiger charge is -2.11. The number of methoxy groups -OCH3 is 1. The number of hydrogen-bond donors (Lipinski definition) is 2. The molecule has 7 heteroatoms. The summed E-state index contributed by atoms with van der Waals surface area (Å²) in [5, 5.41) is 5.70. The van der Waals surface area contributed by atoms with Crippen molar-refractivity contribution < 1.29 is 17.9 Å². The van der Waals surface area contributed by atoms with Gasteiger partial charge in [-0.05, 0) is 6.92 Å². The van der Waals surface area contributed by atoms with Gasteiger partial charge in [0.05, 0.1) is 19.6 Å². The van der Waals surface area contributed by atoms with E-state index in [9.17, 15) is 13.2 Å². The summed E-state index contributed by atoms with van der Waals surface area (Å²) in [5.74, 6) is 0.379. The quantitative estimate of drug-likeness (QED) is 0.416. The molecule has 0 amide bonds. The van der Waals surface area contributed by atoms with Crippen LogP contribution in [0.1, 0.15) is 13.3 Å². The number of halogens is 3. The van der Waals surface area contributed by atoms with Gasteiger partial charge in [0, 0.05) is 20.2 Å². The number of rotatable bonds is 6. The molecule has 0 atom stereocenters. The van der Waals surface area contributed by atoms with Gasteiger partial charge in [-0.1, -0.05) is 0 Å². The highest BCUT2D eigenvalue weighted by atomic mass is 19.4. The van der Waals surface area contributed by atoms with Gasteiger partial charge in [-0.2, -0.15) is 13.2 Å². The van der Waals surface area contributed by atoms with Gasteiger partial charge in [0.25, 0.3) is 0 Å². The molecule has 0 unspecified atom stereocenters. The number of alkyl halides is 3. The zero-order valence-electron chi connectivity index (χ0n) is 9.52.